The molecule has 0 aliphatic carbocycles. The van der Waals surface area contributed by atoms with Crippen LogP contribution in [0.2, 0.25) is 0 Å². The zero-order chi connectivity index (χ0) is 15.8. The van der Waals surface area contributed by atoms with Gasteiger partial charge in [0.1, 0.15) is 5.75 Å². The zero-order valence-electron chi connectivity index (χ0n) is 11.9. The SMILES string of the molecule is [C-]#[N+]c1ccc(/C=N/N=C/c2ccc(OC(C)=O)cc2)cc1. The molecular formula is C17H13N3O2. The molecule has 0 aliphatic heterocycles. The summed E-state index contributed by atoms with van der Waals surface area (Å²) in [5, 5.41) is 7.89. The van der Waals surface area contributed by atoms with Gasteiger partial charge in [0.25, 0.3) is 0 Å². The van der Waals surface area contributed by atoms with Crippen LogP contribution in [0.15, 0.2) is 58.7 Å². The number of hydrogen-bond donors (Lipinski definition) is 0. The number of rotatable bonds is 4. The fourth-order valence-corrected chi connectivity index (χ4v) is 1.62. The van der Waals surface area contributed by atoms with E-state index in [1.165, 1.54) is 6.92 Å². The summed E-state index contributed by atoms with van der Waals surface area (Å²) in [7, 11) is 0. The number of benzene rings is 2. The lowest BCUT2D eigenvalue weighted by Crippen LogP contribution is -2.00. The Kier molecular flexibility index (Phi) is 5.16. The van der Waals surface area contributed by atoms with Crippen molar-refractivity contribution in [1.82, 2.24) is 0 Å². The summed E-state index contributed by atoms with van der Waals surface area (Å²) in [5.74, 6) is 0.142. The molecule has 0 fully saturated rings. The molecule has 0 amide bonds. The monoisotopic (exact) mass is 291 g/mol. The standard InChI is InChI=1S/C17H13N3O2/c1-13(21)22-17-9-5-15(6-10-17)12-20-19-11-14-3-7-16(18-2)8-4-14/h3-12H,1H3/b19-11+,20-12+. The smallest absolute Gasteiger partial charge is 0.308 e. The molecule has 5 nitrogen and oxygen atoms in total. The van der Waals surface area contributed by atoms with Gasteiger partial charge in [0.05, 0.1) is 19.0 Å². The second-order valence-corrected chi connectivity index (χ2v) is 4.36. The zero-order valence-corrected chi connectivity index (χ0v) is 11.9. The van der Waals surface area contributed by atoms with Crippen LogP contribution in [0.1, 0.15) is 18.1 Å². The van der Waals surface area contributed by atoms with Crippen molar-refractivity contribution >= 4 is 24.1 Å². The highest BCUT2D eigenvalue weighted by Gasteiger charge is 1.96. The minimum Gasteiger partial charge on any atom is -0.427 e. The van der Waals surface area contributed by atoms with Crippen molar-refractivity contribution in [2.45, 2.75) is 6.92 Å². The maximum absolute atomic E-state index is 10.8. The van der Waals surface area contributed by atoms with Gasteiger partial charge in [-0.15, -0.1) is 0 Å². The van der Waals surface area contributed by atoms with Crippen molar-refractivity contribution in [2.24, 2.45) is 10.2 Å². The molecule has 0 saturated carbocycles. The van der Waals surface area contributed by atoms with E-state index in [0.29, 0.717) is 11.4 Å². The maximum atomic E-state index is 10.8. The normalized spacial score (nSPS) is 10.7. The van der Waals surface area contributed by atoms with E-state index >= 15 is 0 Å². The molecule has 22 heavy (non-hydrogen) atoms. The van der Waals surface area contributed by atoms with Crippen LogP contribution in [-0.2, 0) is 4.79 Å². The summed E-state index contributed by atoms with van der Waals surface area (Å²) in [6, 6.07) is 14.0. The van der Waals surface area contributed by atoms with Gasteiger partial charge < -0.3 is 4.74 Å². The van der Waals surface area contributed by atoms with E-state index in [1.54, 1.807) is 61.0 Å². The Morgan fingerprint density at radius 3 is 1.95 bits per heavy atom. The van der Waals surface area contributed by atoms with Gasteiger partial charge in [-0.05, 0) is 35.4 Å². The van der Waals surface area contributed by atoms with Crippen molar-refractivity contribution in [3.8, 4) is 5.75 Å². The van der Waals surface area contributed by atoms with Crippen LogP contribution >= 0.6 is 0 Å². The first kappa shape index (κ1) is 15.1. The Balaban J connectivity index is 1.95. The lowest BCUT2D eigenvalue weighted by atomic mass is 10.2. The van der Waals surface area contributed by atoms with Crippen LogP contribution in [0.4, 0.5) is 5.69 Å². The molecule has 0 spiro atoms. The van der Waals surface area contributed by atoms with Crippen molar-refractivity contribution in [2.75, 3.05) is 0 Å². The van der Waals surface area contributed by atoms with Gasteiger partial charge in [-0.25, -0.2) is 4.85 Å². The predicted molar refractivity (Wildman–Crippen MR) is 85.6 cm³/mol. The molecule has 0 atom stereocenters. The van der Waals surface area contributed by atoms with Gasteiger partial charge in [-0.3, -0.25) is 4.79 Å². The first-order valence-electron chi connectivity index (χ1n) is 6.50. The average Bonchev–Trinajstić information content (AvgIpc) is 2.53. The summed E-state index contributed by atoms with van der Waals surface area (Å²) in [4.78, 5) is 14.1. The minimum absolute atomic E-state index is 0.352. The van der Waals surface area contributed by atoms with E-state index in [2.05, 4.69) is 15.0 Å². The first-order valence-corrected chi connectivity index (χ1v) is 6.50. The van der Waals surface area contributed by atoms with Gasteiger partial charge >= 0.3 is 5.97 Å². The van der Waals surface area contributed by atoms with E-state index in [-0.39, 0.29) is 5.97 Å². The molecule has 2 aromatic carbocycles. The Morgan fingerprint density at radius 1 is 1.00 bits per heavy atom. The molecular weight excluding hydrogens is 278 g/mol. The molecule has 0 N–H and O–H groups in total. The Hall–Kier alpha value is -3.26. The van der Waals surface area contributed by atoms with E-state index in [0.717, 1.165) is 11.1 Å². The molecule has 0 aromatic heterocycles. The molecule has 5 heteroatoms. The lowest BCUT2D eigenvalue weighted by molar-refractivity contribution is -0.131. The summed E-state index contributed by atoms with van der Waals surface area (Å²) < 4.78 is 4.94. The fourth-order valence-electron chi connectivity index (χ4n) is 1.62. The Labute approximate surface area is 128 Å². The highest BCUT2D eigenvalue weighted by molar-refractivity contribution is 5.83. The average molecular weight is 291 g/mol. The van der Waals surface area contributed by atoms with Crippen LogP contribution in [0.5, 0.6) is 5.75 Å². The third-order valence-electron chi connectivity index (χ3n) is 2.64. The van der Waals surface area contributed by atoms with Gasteiger partial charge in [0.15, 0.2) is 5.69 Å². The number of nitrogens with zero attached hydrogens (tertiary/aromatic N) is 3. The van der Waals surface area contributed by atoms with E-state index < -0.39 is 0 Å². The molecule has 2 rings (SSSR count). The first-order chi connectivity index (χ1) is 10.7. The predicted octanol–water partition coefficient (Wildman–Crippen LogP) is 3.62. The van der Waals surface area contributed by atoms with E-state index in [9.17, 15) is 4.79 Å². The summed E-state index contributed by atoms with van der Waals surface area (Å²) >= 11 is 0. The second-order valence-electron chi connectivity index (χ2n) is 4.36. The number of esters is 1. The van der Waals surface area contributed by atoms with Crippen LogP contribution in [-0.4, -0.2) is 18.4 Å². The van der Waals surface area contributed by atoms with Crippen molar-refractivity contribution in [3.05, 3.63) is 71.1 Å². The van der Waals surface area contributed by atoms with Gasteiger partial charge in [-0.2, -0.15) is 10.2 Å². The minimum atomic E-state index is -0.352. The van der Waals surface area contributed by atoms with E-state index in [1.807, 2.05) is 0 Å². The van der Waals surface area contributed by atoms with Gasteiger partial charge in [-0.1, -0.05) is 24.3 Å². The molecule has 0 unspecified atom stereocenters. The number of carbonyl (C=O) groups is 1. The fraction of sp³-hybridized carbons (Fsp3) is 0.0588. The quantitative estimate of drug-likeness (QED) is 0.284. The molecule has 2 aromatic rings. The van der Waals surface area contributed by atoms with Crippen LogP contribution in [0, 0.1) is 6.57 Å². The third-order valence-corrected chi connectivity index (χ3v) is 2.64. The molecule has 0 saturated heterocycles. The molecule has 0 aliphatic rings. The number of ether oxygens (including phenoxy) is 1. The third kappa shape index (κ3) is 4.69. The molecule has 0 radical (unpaired) electrons. The van der Waals surface area contributed by atoms with Crippen LogP contribution in [0.25, 0.3) is 4.85 Å². The Morgan fingerprint density at radius 2 is 1.50 bits per heavy atom. The molecule has 0 heterocycles. The molecule has 0 bridgehead atoms. The number of hydrogen-bond acceptors (Lipinski definition) is 4. The van der Waals surface area contributed by atoms with Crippen molar-refractivity contribution < 1.29 is 9.53 Å². The largest absolute Gasteiger partial charge is 0.427 e. The highest BCUT2D eigenvalue weighted by atomic mass is 16.5. The number of carbonyl (C=O) groups excluding carboxylic acids is 1. The van der Waals surface area contributed by atoms with E-state index in [4.69, 9.17) is 11.3 Å². The summed E-state index contributed by atoms with van der Waals surface area (Å²) in [6.45, 7) is 8.23. The topological polar surface area (TPSA) is 55.4 Å². The van der Waals surface area contributed by atoms with Crippen LogP contribution in [0.3, 0.4) is 0 Å². The summed E-state index contributed by atoms with van der Waals surface area (Å²) in [6.07, 6.45) is 3.21. The van der Waals surface area contributed by atoms with Crippen LogP contribution < -0.4 is 4.74 Å². The maximum Gasteiger partial charge on any atom is 0.308 e. The molecule has 108 valence electrons. The second kappa shape index (κ2) is 7.50. The van der Waals surface area contributed by atoms with Gasteiger partial charge in [0.2, 0.25) is 0 Å². The lowest BCUT2D eigenvalue weighted by Gasteiger charge is -2.00. The van der Waals surface area contributed by atoms with Crippen molar-refractivity contribution in [1.29, 1.82) is 0 Å². The van der Waals surface area contributed by atoms with Gasteiger partial charge in [0, 0.05) is 6.92 Å². The Bertz CT molecular complexity index is 739. The van der Waals surface area contributed by atoms with Crippen molar-refractivity contribution in [3.63, 3.8) is 0 Å². The summed E-state index contributed by atoms with van der Waals surface area (Å²) in [5.41, 5.74) is 2.31. The highest BCUT2D eigenvalue weighted by Crippen LogP contribution is 2.12.